The molecule has 0 radical (unpaired) electrons. The Hall–Kier alpha value is -3.71. The number of likely N-dealkylation sites (tertiary alicyclic amines) is 1. The smallest absolute Gasteiger partial charge is 0.343 e. The lowest BCUT2D eigenvalue weighted by Gasteiger charge is -2.46. The number of hydrogen-bond acceptors (Lipinski definition) is 10. The Bertz CT molecular complexity index is 1290. The number of aliphatic hydroxyl groups is 2. The van der Waals surface area contributed by atoms with Crippen molar-refractivity contribution in [2.45, 2.75) is 68.6 Å². The van der Waals surface area contributed by atoms with E-state index in [-0.39, 0.29) is 43.2 Å². The van der Waals surface area contributed by atoms with Crippen LogP contribution < -0.4 is 27.1 Å². The molecule has 13 nitrogen and oxygen atoms in total. The number of carbonyl (C=O) groups excluding carboxylic acids is 3. The molecule has 4 heterocycles. The fraction of sp³-hybridized carbons (Fsp3) is 0.560. The van der Waals surface area contributed by atoms with Gasteiger partial charge in [0.1, 0.15) is 12.1 Å². The van der Waals surface area contributed by atoms with Gasteiger partial charge in [-0.25, -0.2) is 10.3 Å². The number of fused-ring (bicyclic) bond motifs is 1. The van der Waals surface area contributed by atoms with E-state index < -0.39 is 41.4 Å². The van der Waals surface area contributed by atoms with Crippen LogP contribution in [0.1, 0.15) is 47.7 Å². The number of aryl methyl sites for hydroxylation is 1. The molecule has 38 heavy (non-hydrogen) atoms. The number of amides is 3. The van der Waals surface area contributed by atoms with Crippen molar-refractivity contribution < 1.29 is 29.6 Å². The zero-order valence-corrected chi connectivity index (χ0v) is 21.1. The Labute approximate surface area is 218 Å². The van der Waals surface area contributed by atoms with Crippen LogP contribution in [0, 0.1) is 5.92 Å². The molecule has 1 spiro atoms. The number of nitrogens with two attached hydrogens (primary N) is 2. The number of benzene rings is 1. The van der Waals surface area contributed by atoms with Gasteiger partial charge < -0.3 is 21.3 Å². The molecule has 202 valence electrons. The van der Waals surface area contributed by atoms with Crippen LogP contribution in [0.4, 0.5) is 0 Å². The summed E-state index contributed by atoms with van der Waals surface area (Å²) >= 11 is 0. The second-order valence-electron chi connectivity index (χ2n) is 10.9. The van der Waals surface area contributed by atoms with Crippen molar-refractivity contribution in [1.29, 1.82) is 0 Å². The Morgan fingerprint density at radius 3 is 2.76 bits per heavy atom. The summed E-state index contributed by atoms with van der Waals surface area (Å²) in [4.78, 5) is 48.6. The molecule has 1 aromatic carbocycles. The third-order valence-electron chi connectivity index (χ3n) is 8.67. The summed E-state index contributed by atoms with van der Waals surface area (Å²) in [6.45, 7) is 1.52. The molecule has 13 heteroatoms. The summed E-state index contributed by atoms with van der Waals surface area (Å²) in [7, 11) is 0. The molecule has 2 fully saturated rings. The monoisotopic (exact) mass is 525 g/mol. The number of imide groups is 1. The Balaban J connectivity index is 1.31. The van der Waals surface area contributed by atoms with Gasteiger partial charge in [0.15, 0.2) is 12.0 Å². The Kier molecular flexibility index (Phi) is 5.44. The van der Waals surface area contributed by atoms with Gasteiger partial charge in [-0.15, -0.1) is 0 Å². The highest BCUT2D eigenvalue weighted by Crippen LogP contribution is 2.41. The van der Waals surface area contributed by atoms with Crippen LogP contribution in [0.3, 0.4) is 0 Å². The number of nitrogens with zero attached hydrogens (tertiary/aromatic N) is 3. The zero-order valence-electron chi connectivity index (χ0n) is 21.1. The molecule has 2 unspecified atom stereocenters. The second-order valence-corrected chi connectivity index (χ2v) is 10.9. The highest BCUT2D eigenvalue weighted by molar-refractivity contribution is 6.03. The first-order valence-corrected chi connectivity index (χ1v) is 13.0. The van der Waals surface area contributed by atoms with Crippen LogP contribution >= 0.6 is 0 Å². The molecule has 0 aromatic heterocycles. The van der Waals surface area contributed by atoms with E-state index in [2.05, 4.69) is 20.6 Å². The summed E-state index contributed by atoms with van der Waals surface area (Å²) in [5.41, 5.74) is 13.3. The highest BCUT2D eigenvalue weighted by Gasteiger charge is 2.76. The first-order chi connectivity index (χ1) is 18.0. The maximum atomic E-state index is 13.4. The SMILES string of the molecule is CC1CC(=O)N(C[C@@H]2N=C(N)N3CC(NC(=O)c4cccc5c4CCCC5)C(O)(O)[C@@]34NC(N)=[NH+][C@@H]24)C1=O. The molecule has 2 saturated heterocycles. The van der Waals surface area contributed by atoms with Gasteiger partial charge in [-0.05, 0) is 42.9 Å². The molecule has 4 aliphatic heterocycles. The summed E-state index contributed by atoms with van der Waals surface area (Å²) in [6.07, 6.45) is 3.86. The van der Waals surface area contributed by atoms with E-state index in [9.17, 15) is 24.6 Å². The minimum atomic E-state index is -2.57. The lowest BCUT2D eigenvalue weighted by Crippen LogP contribution is -2.90. The average Bonchev–Trinajstić information content (AvgIpc) is 3.44. The third-order valence-corrected chi connectivity index (χ3v) is 8.67. The number of hydrogen-bond donors (Lipinski definition) is 7. The van der Waals surface area contributed by atoms with Gasteiger partial charge in [-0.3, -0.25) is 34.9 Å². The number of aliphatic imine (C=N–C) groups is 1. The number of nitrogens with one attached hydrogen (secondary N) is 3. The van der Waals surface area contributed by atoms with Crippen LogP contribution in [-0.4, -0.2) is 92.3 Å². The van der Waals surface area contributed by atoms with Gasteiger partial charge >= 0.3 is 5.96 Å². The summed E-state index contributed by atoms with van der Waals surface area (Å²) in [5, 5.41) is 29.1. The predicted molar refractivity (Wildman–Crippen MR) is 134 cm³/mol. The van der Waals surface area contributed by atoms with Crippen LogP contribution in [-0.2, 0) is 22.4 Å². The van der Waals surface area contributed by atoms with E-state index >= 15 is 0 Å². The number of carbonyl (C=O) groups is 3. The molecular formula is C25H33N8O5+. The van der Waals surface area contributed by atoms with E-state index in [0.717, 1.165) is 41.7 Å². The molecule has 3 amide bonds. The lowest BCUT2D eigenvalue weighted by atomic mass is 9.84. The number of rotatable bonds is 4. The van der Waals surface area contributed by atoms with E-state index in [1.165, 1.54) is 4.90 Å². The maximum absolute atomic E-state index is 13.4. The van der Waals surface area contributed by atoms with E-state index in [1.807, 2.05) is 12.1 Å². The van der Waals surface area contributed by atoms with Crippen molar-refractivity contribution in [3.05, 3.63) is 34.9 Å². The fourth-order valence-corrected chi connectivity index (χ4v) is 6.78. The van der Waals surface area contributed by atoms with Crippen molar-refractivity contribution in [2.24, 2.45) is 22.4 Å². The van der Waals surface area contributed by atoms with Crippen molar-refractivity contribution in [3.63, 3.8) is 0 Å². The molecule has 0 bridgehead atoms. The van der Waals surface area contributed by atoms with Gasteiger partial charge in [0.2, 0.25) is 17.6 Å². The minimum absolute atomic E-state index is 0.0243. The van der Waals surface area contributed by atoms with E-state index in [0.29, 0.717) is 5.56 Å². The Morgan fingerprint density at radius 2 is 2.03 bits per heavy atom. The van der Waals surface area contributed by atoms with Gasteiger partial charge in [0.05, 0.1) is 13.1 Å². The third kappa shape index (κ3) is 3.34. The maximum Gasteiger partial charge on any atom is 0.343 e. The molecule has 5 atom stereocenters. The first-order valence-electron chi connectivity index (χ1n) is 13.0. The average molecular weight is 526 g/mol. The summed E-state index contributed by atoms with van der Waals surface area (Å²) in [6, 6.07) is 2.73. The van der Waals surface area contributed by atoms with E-state index in [4.69, 9.17) is 11.5 Å². The van der Waals surface area contributed by atoms with Crippen LogP contribution in [0.5, 0.6) is 0 Å². The fourth-order valence-electron chi connectivity index (χ4n) is 6.78. The molecule has 9 N–H and O–H groups in total. The van der Waals surface area contributed by atoms with Crippen molar-refractivity contribution >= 4 is 29.6 Å². The molecule has 0 saturated carbocycles. The van der Waals surface area contributed by atoms with Crippen LogP contribution in [0.15, 0.2) is 23.2 Å². The number of guanidine groups is 2. The normalized spacial score (nSPS) is 33.2. The van der Waals surface area contributed by atoms with Gasteiger partial charge in [0, 0.05) is 17.9 Å². The molecule has 1 aliphatic carbocycles. The first kappa shape index (κ1) is 24.6. The van der Waals surface area contributed by atoms with Gasteiger partial charge in [-0.2, -0.15) is 0 Å². The highest BCUT2D eigenvalue weighted by atomic mass is 16.5. The second kappa shape index (κ2) is 8.40. The zero-order chi connectivity index (χ0) is 27.0. The molecule has 5 aliphatic rings. The predicted octanol–water partition coefficient (Wildman–Crippen LogP) is -4.18. The van der Waals surface area contributed by atoms with Gasteiger partial charge in [-0.1, -0.05) is 19.1 Å². The minimum Gasteiger partial charge on any atom is -0.370 e. The Morgan fingerprint density at radius 1 is 1.26 bits per heavy atom. The molecule has 6 rings (SSSR count). The summed E-state index contributed by atoms with van der Waals surface area (Å²) < 4.78 is 0. The van der Waals surface area contributed by atoms with E-state index in [1.54, 1.807) is 13.0 Å². The van der Waals surface area contributed by atoms with Crippen molar-refractivity contribution in [3.8, 4) is 0 Å². The van der Waals surface area contributed by atoms with Crippen LogP contribution in [0.2, 0.25) is 0 Å². The van der Waals surface area contributed by atoms with Gasteiger partial charge in [0.25, 0.3) is 11.6 Å². The topological polar surface area (TPSA) is 201 Å². The lowest BCUT2D eigenvalue weighted by molar-refractivity contribution is -0.521. The van der Waals surface area contributed by atoms with Crippen LogP contribution in [0.25, 0.3) is 0 Å². The summed E-state index contributed by atoms with van der Waals surface area (Å²) in [5.74, 6) is -4.02. The van der Waals surface area contributed by atoms with Crippen molar-refractivity contribution in [1.82, 2.24) is 20.4 Å². The quantitative estimate of drug-likeness (QED) is 0.150. The largest absolute Gasteiger partial charge is 0.370 e. The molecule has 1 aromatic rings. The molecular weight excluding hydrogens is 492 g/mol. The van der Waals surface area contributed by atoms with Crippen molar-refractivity contribution in [2.75, 3.05) is 13.1 Å². The standard InChI is InChI=1S/C25H32N8O5/c1-12-9-18(34)32(21(12)36)10-16-19-24(31-22(26)30-19)25(37,38)17(11-33(24)23(27)28-16)29-20(35)15-8-4-6-13-5-2-3-7-14(13)15/h4,6,8,12,16-17,19,37-38H,2-3,5,7,9-11H2,1H3,(H2,27,28)(H,29,35)(H3,26,30,31)/p+1/t12?,16-,17?,19-,24-/m0/s1.